The van der Waals surface area contributed by atoms with Crippen LogP contribution in [-0.4, -0.2) is 22.7 Å². The minimum absolute atomic E-state index is 0.0339. The molecule has 0 aliphatic heterocycles. The normalized spacial score (nSPS) is 10.4. The number of nitrogens with one attached hydrogen (secondary N) is 2. The molecule has 1 heterocycles. The molecular formula is C15H18BrN3O2. The molecule has 1 aromatic heterocycles. The SMILES string of the molecule is CCc1cn[nH]c1NC(=O)CCCOc1ccc(Br)cc1. The van der Waals surface area contributed by atoms with Crippen LogP contribution in [0.15, 0.2) is 34.9 Å². The van der Waals surface area contributed by atoms with Gasteiger partial charge in [0.25, 0.3) is 0 Å². The number of amides is 1. The van der Waals surface area contributed by atoms with Crippen molar-refractivity contribution in [1.29, 1.82) is 0 Å². The Bertz CT molecular complexity index is 581. The monoisotopic (exact) mass is 351 g/mol. The number of benzene rings is 1. The van der Waals surface area contributed by atoms with Crippen molar-refractivity contribution in [3.05, 3.63) is 40.5 Å². The smallest absolute Gasteiger partial charge is 0.225 e. The highest BCUT2D eigenvalue weighted by atomic mass is 79.9. The van der Waals surface area contributed by atoms with E-state index in [-0.39, 0.29) is 5.91 Å². The number of hydrogen-bond donors (Lipinski definition) is 2. The number of anilines is 1. The van der Waals surface area contributed by atoms with Crippen LogP contribution in [0.1, 0.15) is 25.3 Å². The lowest BCUT2D eigenvalue weighted by Gasteiger charge is -2.07. The van der Waals surface area contributed by atoms with Gasteiger partial charge in [0.1, 0.15) is 11.6 Å². The summed E-state index contributed by atoms with van der Waals surface area (Å²) >= 11 is 3.37. The first-order valence-corrected chi connectivity index (χ1v) is 7.68. The van der Waals surface area contributed by atoms with Crippen molar-refractivity contribution >= 4 is 27.7 Å². The fraction of sp³-hybridized carbons (Fsp3) is 0.333. The van der Waals surface area contributed by atoms with E-state index in [0.717, 1.165) is 22.2 Å². The maximum absolute atomic E-state index is 11.8. The average Bonchev–Trinajstić information content (AvgIpc) is 2.92. The van der Waals surface area contributed by atoms with Crippen molar-refractivity contribution in [2.24, 2.45) is 0 Å². The number of aryl methyl sites for hydroxylation is 1. The summed E-state index contributed by atoms with van der Waals surface area (Å²) < 4.78 is 6.58. The Labute approximate surface area is 132 Å². The van der Waals surface area contributed by atoms with E-state index in [0.29, 0.717) is 25.3 Å². The molecule has 0 bridgehead atoms. The number of carbonyl (C=O) groups excluding carboxylic acids is 1. The molecular weight excluding hydrogens is 334 g/mol. The second-order valence-corrected chi connectivity index (χ2v) is 5.49. The van der Waals surface area contributed by atoms with Gasteiger partial charge in [-0.3, -0.25) is 9.89 Å². The quantitative estimate of drug-likeness (QED) is 0.749. The largest absolute Gasteiger partial charge is 0.494 e. The summed E-state index contributed by atoms with van der Waals surface area (Å²) in [5, 5.41) is 9.54. The van der Waals surface area contributed by atoms with Crippen LogP contribution in [0.4, 0.5) is 5.82 Å². The Balaban J connectivity index is 1.68. The van der Waals surface area contributed by atoms with E-state index in [1.807, 2.05) is 31.2 Å². The second-order valence-electron chi connectivity index (χ2n) is 4.58. The molecule has 0 atom stereocenters. The summed E-state index contributed by atoms with van der Waals surface area (Å²) in [5.41, 5.74) is 1.01. The van der Waals surface area contributed by atoms with Crippen LogP contribution >= 0.6 is 15.9 Å². The molecule has 112 valence electrons. The molecule has 1 aromatic carbocycles. The van der Waals surface area contributed by atoms with Gasteiger partial charge < -0.3 is 10.1 Å². The van der Waals surface area contributed by atoms with E-state index in [1.54, 1.807) is 6.20 Å². The lowest BCUT2D eigenvalue weighted by Crippen LogP contribution is -2.14. The zero-order valence-electron chi connectivity index (χ0n) is 11.9. The molecule has 0 spiro atoms. The number of rotatable bonds is 7. The fourth-order valence-corrected chi connectivity index (χ4v) is 2.11. The molecule has 0 saturated carbocycles. The van der Waals surface area contributed by atoms with Gasteiger partial charge in [0.15, 0.2) is 0 Å². The molecule has 5 nitrogen and oxygen atoms in total. The molecule has 0 saturated heterocycles. The van der Waals surface area contributed by atoms with Crippen LogP contribution < -0.4 is 10.1 Å². The van der Waals surface area contributed by atoms with Crippen LogP contribution in [0.2, 0.25) is 0 Å². The Morgan fingerprint density at radius 1 is 1.38 bits per heavy atom. The third kappa shape index (κ3) is 4.90. The summed E-state index contributed by atoms with van der Waals surface area (Å²) in [6.07, 6.45) is 3.64. The van der Waals surface area contributed by atoms with Crippen molar-refractivity contribution in [2.45, 2.75) is 26.2 Å². The zero-order valence-corrected chi connectivity index (χ0v) is 13.4. The number of hydrogen-bond acceptors (Lipinski definition) is 3. The number of nitrogens with zero attached hydrogens (tertiary/aromatic N) is 1. The van der Waals surface area contributed by atoms with Gasteiger partial charge >= 0.3 is 0 Å². The van der Waals surface area contributed by atoms with Crippen LogP contribution in [-0.2, 0) is 11.2 Å². The van der Waals surface area contributed by atoms with E-state index in [9.17, 15) is 4.79 Å². The summed E-state index contributed by atoms with van der Waals surface area (Å²) in [5.74, 6) is 1.46. The summed E-state index contributed by atoms with van der Waals surface area (Å²) in [6.45, 7) is 2.53. The average molecular weight is 352 g/mol. The van der Waals surface area contributed by atoms with Crippen molar-refractivity contribution in [3.8, 4) is 5.75 Å². The summed E-state index contributed by atoms with van der Waals surface area (Å²) in [7, 11) is 0. The molecule has 2 N–H and O–H groups in total. The molecule has 1 amide bonds. The van der Waals surface area contributed by atoms with Crippen molar-refractivity contribution < 1.29 is 9.53 Å². The first-order chi connectivity index (χ1) is 10.2. The fourth-order valence-electron chi connectivity index (χ4n) is 1.84. The van der Waals surface area contributed by atoms with Crippen molar-refractivity contribution in [3.63, 3.8) is 0 Å². The summed E-state index contributed by atoms with van der Waals surface area (Å²) in [4.78, 5) is 11.8. The second kappa shape index (κ2) is 7.83. The maximum atomic E-state index is 11.8. The lowest BCUT2D eigenvalue weighted by molar-refractivity contribution is -0.116. The molecule has 21 heavy (non-hydrogen) atoms. The van der Waals surface area contributed by atoms with Crippen LogP contribution in [0.5, 0.6) is 5.75 Å². The molecule has 0 unspecified atom stereocenters. The molecule has 0 fully saturated rings. The van der Waals surface area contributed by atoms with E-state index >= 15 is 0 Å². The van der Waals surface area contributed by atoms with E-state index in [2.05, 4.69) is 31.4 Å². The number of ether oxygens (including phenoxy) is 1. The predicted molar refractivity (Wildman–Crippen MR) is 85.5 cm³/mol. The Morgan fingerprint density at radius 3 is 2.86 bits per heavy atom. The molecule has 6 heteroatoms. The van der Waals surface area contributed by atoms with E-state index in [4.69, 9.17) is 4.74 Å². The predicted octanol–water partition coefficient (Wildman–Crippen LogP) is 3.53. The summed E-state index contributed by atoms with van der Waals surface area (Å²) in [6, 6.07) is 7.63. The minimum atomic E-state index is -0.0339. The molecule has 0 aliphatic rings. The van der Waals surface area contributed by atoms with Gasteiger partial charge in [0.2, 0.25) is 5.91 Å². The zero-order chi connectivity index (χ0) is 15.1. The molecule has 0 radical (unpaired) electrons. The van der Waals surface area contributed by atoms with Crippen molar-refractivity contribution in [1.82, 2.24) is 10.2 Å². The first kappa shape index (κ1) is 15.6. The van der Waals surface area contributed by atoms with Gasteiger partial charge in [-0.25, -0.2) is 0 Å². The Kier molecular flexibility index (Phi) is 5.80. The van der Waals surface area contributed by atoms with Crippen LogP contribution in [0, 0.1) is 0 Å². The molecule has 2 aromatic rings. The van der Waals surface area contributed by atoms with E-state index in [1.165, 1.54) is 0 Å². The minimum Gasteiger partial charge on any atom is -0.494 e. The van der Waals surface area contributed by atoms with Gasteiger partial charge in [0.05, 0.1) is 12.8 Å². The van der Waals surface area contributed by atoms with Gasteiger partial charge in [-0.2, -0.15) is 5.10 Å². The topological polar surface area (TPSA) is 67.0 Å². The first-order valence-electron chi connectivity index (χ1n) is 6.89. The molecule has 0 aliphatic carbocycles. The maximum Gasteiger partial charge on any atom is 0.225 e. The van der Waals surface area contributed by atoms with Gasteiger partial charge in [-0.1, -0.05) is 22.9 Å². The number of halogens is 1. The highest BCUT2D eigenvalue weighted by molar-refractivity contribution is 9.10. The number of carbonyl (C=O) groups is 1. The third-order valence-corrected chi connectivity index (χ3v) is 3.52. The number of aromatic nitrogens is 2. The standard InChI is InChI=1S/C15H18BrN3O2/c1-2-11-10-17-19-15(11)18-14(20)4-3-9-21-13-7-5-12(16)6-8-13/h5-8,10H,2-4,9H2,1H3,(H2,17,18,19,20). The van der Waals surface area contributed by atoms with Crippen LogP contribution in [0.25, 0.3) is 0 Å². The van der Waals surface area contributed by atoms with Gasteiger partial charge in [-0.15, -0.1) is 0 Å². The highest BCUT2D eigenvalue weighted by Gasteiger charge is 2.07. The van der Waals surface area contributed by atoms with E-state index < -0.39 is 0 Å². The Hall–Kier alpha value is -1.82. The van der Waals surface area contributed by atoms with Crippen LogP contribution in [0.3, 0.4) is 0 Å². The van der Waals surface area contributed by atoms with Gasteiger partial charge in [0, 0.05) is 16.5 Å². The number of aromatic amines is 1. The molecule has 2 rings (SSSR count). The lowest BCUT2D eigenvalue weighted by atomic mass is 10.2. The van der Waals surface area contributed by atoms with Gasteiger partial charge in [-0.05, 0) is 37.1 Å². The van der Waals surface area contributed by atoms with Crippen molar-refractivity contribution in [2.75, 3.05) is 11.9 Å². The Morgan fingerprint density at radius 2 is 2.14 bits per heavy atom. The third-order valence-electron chi connectivity index (χ3n) is 2.99. The highest BCUT2D eigenvalue weighted by Crippen LogP contribution is 2.16. The number of H-pyrrole nitrogens is 1.